The molecule has 1 atom stereocenters. The molecule has 0 saturated heterocycles. The first-order valence-electron chi connectivity index (χ1n) is 7.25. The molecule has 2 rings (SSSR count). The predicted octanol–water partition coefficient (Wildman–Crippen LogP) is 2.95. The lowest BCUT2D eigenvalue weighted by Crippen LogP contribution is -2.18. The quantitative estimate of drug-likeness (QED) is 0.656. The summed E-state index contributed by atoms with van der Waals surface area (Å²) in [6.07, 6.45) is 3.07. The van der Waals surface area contributed by atoms with Crippen LogP contribution in [-0.4, -0.2) is 25.2 Å². The van der Waals surface area contributed by atoms with E-state index in [0.29, 0.717) is 11.6 Å². The summed E-state index contributed by atoms with van der Waals surface area (Å²) in [7, 11) is 2.91. The molecule has 0 amide bonds. The maximum absolute atomic E-state index is 11.7. The highest BCUT2D eigenvalue weighted by molar-refractivity contribution is 5.90. The monoisotopic (exact) mass is 312 g/mol. The molecule has 120 valence electrons. The van der Waals surface area contributed by atoms with E-state index in [1.54, 1.807) is 19.4 Å². The first kappa shape index (κ1) is 16.5. The Labute approximate surface area is 136 Å². The lowest BCUT2D eigenvalue weighted by Gasteiger charge is -2.18. The number of esters is 1. The van der Waals surface area contributed by atoms with Crippen molar-refractivity contribution < 1.29 is 14.3 Å². The number of rotatable bonds is 6. The third kappa shape index (κ3) is 4.57. The van der Waals surface area contributed by atoms with Gasteiger partial charge in [0, 0.05) is 29.9 Å². The molecule has 1 aromatic heterocycles. The molecule has 5 heteroatoms. The minimum Gasteiger partial charge on any atom is -0.481 e. The van der Waals surface area contributed by atoms with E-state index in [2.05, 4.69) is 10.3 Å². The number of ether oxygens (including phenoxy) is 2. The van der Waals surface area contributed by atoms with Gasteiger partial charge < -0.3 is 14.8 Å². The second-order valence-electron chi connectivity index (χ2n) is 4.95. The van der Waals surface area contributed by atoms with Gasteiger partial charge in [-0.05, 0) is 18.6 Å². The molecule has 1 aromatic carbocycles. The maximum atomic E-state index is 11.7. The lowest BCUT2D eigenvalue weighted by atomic mass is 10.1. The molecule has 0 aliphatic heterocycles. The maximum Gasteiger partial charge on any atom is 0.332 e. The van der Waals surface area contributed by atoms with Crippen molar-refractivity contribution in [2.24, 2.45) is 0 Å². The van der Waals surface area contributed by atoms with Gasteiger partial charge in [0.05, 0.1) is 19.9 Å². The number of methoxy groups -OCH3 is 2. The highest BCUT2D eigenvalue weighted by Gasteiger charge is 2.11. The van der Waals surface area contributed by atoms with Crippen LogP contribution in [0.15, 0.2) is 54.7 Å². The topological polar surface area (TPSA) is 60.5 Å². The van der Waals surface area contributed by atoms with E-state index in [4.69, 9.17) is 9.47 Å². The normalized spacial score (nSPS) is 12.4. The van der Waals surface area contributed by atoms with Gasteiger partial charge in [-0.3, -0.25) is 0 Å². The van der Waals surface area contributed by atoms with Crippen molar-refractivity contribution >= 4 is 11.7 Å². The molecule has 0 radical (unpaired) electrons. The van der Waals surface area contributed by atoms with Gasteiger partial charge in [0.1, 0.15) is 0 Å². The summed E-state index contributed by atoms with van der Waals surface area (Å²) in [4.78, 5) is 15.8. The minimum atomic E-state index is -0.427. The number of hydrogen-bond acceptors (Lipinski definition) is 5. The van der Waals surface area contributed by atoms with E-state index < -0.39 is 5.97 Å². The molecule has 0 unspecified atom stereocenters. The largest absolute Gasteiger partial charge is 0.481 e. The van der Waals surface area contributed by atoms with Crippen LogP contribution in [0.2, 0.25) is 0 Å². The minimum absolute atomic E-state index is 0.0224. The fourth-order valence-corrected chi connectivity index (χ4v) is 2.10. The van der Waals surface area contributed by atoms with E-state index in [1.807, 2.05) is 43.3 Å². The van der Waals surface area contributed by atoms with E-state index in [0.717, 1.165) is 11.1 Å². The molecule has 2 aromatic rings. The summed E-state index contributed by atoms with van der Waals surface area (Å²) >= 11 is 0. The Kier molecular flexibility index (Phi) is 5.74. The highest BCUT2D eigenvalue weighted by Crippen LogP contribution is 2.19. The van der Waals surface area contributed by atoms with Crippen LogP contribution in [0.5, 0.6) is 5.88 Å². The van der Waals surface area contributed by atoms with Crippen molar-refractivity contribution in [3.05, 3.63) is 65.9 Å². The molecule has 0 saturated carbocycles. The number of hydrogen-bond donors (Lipinski definition) is 1. The van der Waals surface area contributed by atoms with Gasteiger partial charge >= 0.3 is 5.97 Å². The van der Waals surface area contributed by atoms with E-state index in [1.165, 1.54) is 13.2 Å². The number of benzene rings is 1. The van der Waals surface area contributed by atoms with Crippen molar-refractivity contribution in [1.29, 1.82) is 0 Å². The lowest BCUT2D eigenvalue weighted by molar-refractivity contribution is -0.134. The second-order valence-corrected chi connectivity index (χ2v) is 4.95. The Bertz CT molecular complexity index is 666. The molecule has 0 spiro atoms. The third-order valence-electron chi connectivity index (χ3n) is 3.39. The summed E-state index contributed by atoms with van der Waals surface area (Å²) in [5, 5.41) is 3.33. The summed E-state index contributed by atoms with van der Waals surface area (Å²) in [6.45, 7) is 2.03. The number of carbonyl (C=O) groups is 1. The molecular weight excluding hydrogens is 292 g/mol. The second kappa shape index (κ2) is 7.98. The van der Waals surface area contributed by atoms with Crippen molar-refractivity contribution in [3.8, 4) is 5.88 Å². The standard InChI is InChI=1S/C18H20N2O3/c1-13(14-7-5-4-6-8-14)20-16(11-18(21)23-3)15-9-10-17(22-2)19-12-15/h4-13,20H,1-3H3/b16-11-/t13-/m0/s1. The fraction of sp³-hybridized carbons (Fsp3) is 0.222. The van der Waals surface area contributed by atoms with Crippen LogP contribution in [0.4, 0.5) is 0 Å². The molecular formula is C18H20N2O3. The smallest absolute Gasteiger partial charge is 0.332 e. The SMILES string of the molecule is COC(=O)/C=C(\N[C@@H](C)c1ccccc1)c1ccc(OC)nc1. The Morgan fingerprint density at radius 1 is 1.17 bits per heavy atom. The zero-order valence-corrected chi connectivity index (χ0v) is 13.4. The molecule has 1 N–H and O–H groups in total. The number of aromatic nitrogens is 1. The van der Waals surface area contributed by atoms with Gasteiger partial charge in [-0.25, -0.2) is 9.78 Å². The van der Waals surface area contributed by atoms with Crippen LogP contribution in [0, 0.1) is 0 Å². The van der Waals surface area contributed by atoms with Crippen molar-refractivity contribution in [3.63, 3.8) is 0 Å². The van der Waals surface area contributed by atoms with Gasteiger partial charge in [0.25, 0.3) is 0 Å². The van der Waals surface area contributed by atoms with Gasteiger partial charge in [0.2, 0.25) is 5.88 Å². The summed E-state index contributed by atoms with van der Waals surface area (Å²) in [5.41, 5.74) is 2.53. The van der Waals surface area contributed by atoms with Crippen LogP contribution in [0.3, 0.4) is 0 Å². The van der Waals surface area contributed by atoms with Crippen molar-refractivity contribution in [1.82, 2.24) is 10.3 Å². The van der Waals surface area contributed by atoms with Crippen LogP contribution in [0.25, 0.3) is 5.70 Å². The molecule has 1 heterocycles. The number of carbonyl (C=O) groups excluding carboxylic acids is 1. The Morgan fingerprint density at radius 3 is 2.48 bits per heavy atom. The molecule has 0 fully saturated rings. The molecule has 0 bridgehead atoms. The number of nitrogens with one attached hydrogen (secondary N) is 1. The van der Waals surface area contributed by atoms with Crippen LogP contribution < -0.4 is 10.1 Å². The van der Waals surface area contributed by atoms with Crippen LogP contribution in [0.1, 0.15) is 24.1 Å². The summed E-state index contributed by atoms with van der Waals surface area (Å²) < 4.78 is 9.79. The third-order valence-corrected chi connectivity index (χ3v) is 3.39. The number of nitrogens with zero attached hydrogens (tertiary/aromatic N) is 1. The van der Waals surface area contributed by atoms with E-state index in [-0.39, 0.29) is 6.04 Å². The Hall–Kier alpha value is -2.82. The Balaban J connectivity index is 2.27. The van der Waals surface area contributed by atoms with Crippen molar-refractivity contribution in [2.45, 2.75) is 13.0 Å². The van der Waals surface area contributed by atoms with Gasteiger partial charge in [0.15, 0.2) is 0 Å². The van der Waals surface area contributed by atoms with Gasteiger partial charge in [-0.1, -0.05) is 30.3 Å². The first-order valence-corrected chi connectivity index (χ1v) is 7.25. The van der Waals surface area contributed by atoms with Crippen molar-refractivity contribution in [2.75, 3.05) is 14.2 Å². The van der Waals surface area contributed by atoms with E-state index in [9.17, 15) is 4.79 Å². The average molecular weight is 312 g/mol. The van der Waals surface area contributed by atoms with E-state index >= 15 is 0 Å². The van der Waals surface area contributed by atoms with Crippen LogP contribution in [-0.2, 0) is 9.53 Å². The molecule has 0 aliphatic rings. The molecule has 23 heavy (non-hydrogen) atoms. The zero-order valence-electron chi connectivity index (χ0n) is 13.4. The number of pyridine rings is 1. The molecule has 5 nitrogen and oxygen atoms in total. The molecule has 0 aliphatic carbocycles. The zero-order chi connectivity index (χ0) is 16.7. The Morgan fingerprint density at radius 2 is 1.91 bits per heavy atom. The summed E-state index contributed by atoms with van der Waals surface area (Å²) in [6, 6.07) is 13.6. The average Bonchev–Trinajstić information content (AvgIpc) is 2.61. The first-order chi connectivity index (χ1) is 11.1. The highest BCUT2D eigenvalue weighted by atomic mass is 16.5. The summed E-state index contributed by atoms with van der Waals surface area (Å²) in [5.74, 6) is 0.0888. The van der Waals surface area contributed by atoms with Crippen LogP contribution >= 0.6 is 0 Å². The predicted molar refractivity (Wildman–Crippen MR) is 88.8 cm³/mol. The fourth-order valence-electron chi connectivity index (χ4n) is 2.10. The van der Waals surface area contributed by atoms with Gasteiger partial charge in [-0.15, -0.1) is 0 Å². The van der Waals surface area contributed by atoms with Gasteiger partial charge in [-0.2, -0.15) is 0 Å².